The topological polar surface area (TPSA) is 37.3 Å². The van der Waals surface area contributed by atoms with Crippen molar-refractivity contribution in [3.63, 3.8) is 0 Å². The van der Waals surface area contributed by atoms with Crippen molar-refractivity contribution in [3.05, 3.63) is 23.0 Å². The van der Waals surface area contributed by atoms with Crippen LogP contribution in [0.3, 0.4) is 0 Å². The first-order valence-electron chi connectivity index (χ1n) is 7.45. The molecule has 2 rings (SSSR count). The van der Waals surface area contributed by atoms with Gasteiger partial charge in [0.05, 0.1) is 5.02 Å². The van der Waals surface area contributed by atoms with Crippen LogP contribution in [-0.4, -0.2) is 42.1 Å². The molecule has 1 fully saturated rings. The van der Waals surface area contributed by atoms with Gasteiger partial charge in [0.25, 0.3) is 5.91 Å². The van der Waals surface area contributed by atoms with Gasteiger partial charge in [-0.05, 0) is 51.8 Å². The number of rotatable bonds is 5. The minimum absolute atomic E-state index is 0.116. The lowest BCUT2D eigenvalue weighted by atomic mass is 9.93. The first kappa shape index (κ1) is 15.4. The summed E-state index contributed by atoms with van der Waals surface area (Å²) >= 11 is 6.01. The van der Waals surface area contributed by atoms with Gasteiger partial charge in [-0.1, -0.05) is 11.6 Å². The summed E-state index contributed by atoms with van der Waals surface area (Å²) in [5.41, 5.74) is 0.714. The number of likely N-dealkylation sites (tertiary alicyclic amines) is 1. The van der Waals surface area contributed by atoms with Crippen molar-refractivity contribution < 1.29 is 4.79 Å². The number of aryl methyl sites for hydroxylation is 1. The predicted octanol–water partition coefficient (Wildman–Crippen LogP) is 2.62. The second kappa shape index (κ2) is 7.14. The zero-order valence-corrected chi connectivity index (χ0v) is 13.1. The van der Waals surface area contributed by atoms with E-state index >= 15 is 0 Å². The number of piperidine rings is 1. The molecule has 0 unspecified atom stereocenters. The third-order valence-electron chi connectivity index (χ3n) is 4.13. The average molecular weight is 298 g/mol. The van der Waals surface area contributed by atoms with Crippen LogP contribution in [0.15, 0.2) is 12.3 Å². The van der Waals surface area contributed by atoms with Crippen molar-refractivity contribution in [2.24, 2.45) is 5.92 Å². The average Bonchev–Trinajstić information content (AvgIpc) is 2.86. The van der Waals surface area contributed by atoms with E-state index in [9.17, 15) is 4.79 Å². The summed E-state index contributed by atoms with van der Waals surface area (Å²) in [7, 11) is 1.99. The van der Waals surface area contributed by atoms with Gasteiger partial charge in [-0.15, -0.1) is 0 Å². The third kappa shape index (κ3) is 3.55. The standard InChI is InChI=1S/C15H24ClN3O/c1-3-18-11-13(16)10-14(18)15(20)19-8-5-12(6-9-19)4-7-17-2/h10-12,17H,3-9H2,1-2H3. The molecule has 0 atom stereocenters. The number of halogens is 1. The summed E-state index contributed by atoms with van der Waals surface area (Å²) in [5.74, 6) is 0.860. The van der Waals surface area contributed by atoms with E-state index in [0.717, 1.165) is 44.9 Å². The Hall–Kier alpha value is -1.00. The van der Waals surface area contributed by atoms with Crippen LogP contribution in [-0.2, 0) is 6.54 Å². The van der Waals surface area contributed by atoms with Crippen LogP contribution in [0.4, 0.5) is 0 Å². The minimum atomic E-state index is 0.116. The van der Waals surface area contributed by atoms with E-state index in [4.69, 9.17) is 11.6 Å². The summed E-state index contributed by atoms with van der Waals surface area (Å²) in [6.07, 6.45) is 5.24. The number of carbonyl (C=O) groups is 1. The van der Waals surface area contributed by atoms with Gasteiger partial charge < -0.3 is 14.8 Å². The van der Waals surface area contributed by atoms with Gasteiger partial charge in [0, 0.05) is 25.8 Å². The normalized spacial score (nSPS) is 16.6. The van der Waals surface area contributed by atoms with Crippen LogP contribution in [0, 0.1) is 5.92 Å². The lowest BCUT2D eigenvalue weighted by Crippen LogP contribution is -2.39. The van der Waals surface area contributed by atoms with E-state index in [1.165, 1.54) is 6.42 Å². The highest BCUT2D eigenvalue weighted by atomic mass is 35.5. The Balaban J connectivity index is 1.94. The molecule has 112 valence electrons. The molecule has 1 N–H and O–H groups in total. The third-order valence-corrected chi connectivity index (χ3v) is 4.33. The molecule has 0 aliphatic carbocycles. The molecule has 1 aromatic heterocycles. The summed E-state index contributed by atoms with van der Waals surface area (Å²) in [4.78, 5) is 14.5. The van der Waals surface area contributed by atoms with Crippen LogP contribution in [0.1, 0.15) is 36.7 Å². The quantitative estimate of drug-likeness (QED) is 0.907. The Bertz CT molecular complexity index is 450. The summed E-state index contributed by atoms with van der Waals surface area (Å²) in [6.45, 7) is 5.58. The van der Waals surface area contributed by atoms with Crippen LogP contribution in [0.2, 0.25) is 5.02 Å². The molecule has 0 spiro atoms. The molecule has 1 saturated heterocycles. The van der Waals surface area contributed by atoms with Gasteiger partial charge in [-0.25, -0.2) is 0 Å². The zero-order valence-electron chi connectivity index (χ0n) is 12.4. The molecule has 5 heteroatoms. The Kier molecular flexibility index (Phi) is 5.49. The highest BCUT2D eigenvalue weighted by Crippen LogP contribution is 2.23. The van der Waals surface area contributed by atoms with E-state index in [1.54, 1.807) is 6.07 Å². The summed E-state index contributed by atoms with van der Waals surface area (Å²) in [6, 6.07) is 1.78. The molecule has 20 heavy (non-hydrogen) atoms. The Morgan fingerprint density at radius 2 is 2.15 bits per heavy atom. The maximum Gasteiger partial charge on any atom is 0.270 e. The van der Waals surface area contributed by atoms with Crippen LogP contribution < -0.4 is 5.32 Å². The first-order chi connectivity index (χ1) is 9.65. The highest BCUT2D eigenvalue weighted by Gasteiger charge is 2.25. The van der Waals surface area contributed by atoms with E-state index in [0.29, 0.717) is 10.7 Å². The van der Waals surface area contributed by atoms with Gasteiger partial charge in [0.2, 0.25) is 0 Å². The van der Waals surface area contributed by atoms with Gasteiger partial charge in [-0.3, -0.25) is 4.79 Å². The zero-order chi connectivity index (χ0) is 14.5. The fraction of sp³-hybridized carbons (Fsp3) is 0.667. The SMILES string of the molecule is CCn1cc(Cl)cc1C(=O)N1CCC(CCNC)CC1. The second-order valence-corrected chi connectivity index (χ2v) is 5.89. The first-order valence-corrected chi connectivity index (χ1v) is 7.83. The number of amides is 1. The second-order valence-electron chi connectivity index (χ2n) is 5.46. The van der Waals surface area contributed by atoms with Crippen LogP contribution in [0.25, 0.3) is 0 Å². The molecule has 1 aliphatic heterocycles. The van der Waals surface area contributed by atoms with Crippen molar-refractivity contribution in [2.75, 3.05) is 26.7 Å². The number of hydrogen-bond donors (Lipinski definition) is 1. The smallest absolute Gasteiger partial charge is 0.270 e. The number of aromatic nitrogens is 1. The number of carbonyl (C=O) groups excluding carboxylic acids is 1. The van der Waals surface area contributed by atoms with Crippen LogP contribution in [0.5, 0.6) is 0 Å². The fourth-order valence-corrected chi connectivity index (χ4v) is 3.07. The van der Waals surface area contributed by atoms with Gasteiger partial charge in [-0.2, -0.15) is 0 Å². The fourth-order valence-electron chi connectivity index (χ4n) is 2.85. The van der Waals surface area contributed by atoms with Crippen molar-refractivity contribution >= 4 is 17.5 Å². The predicted molar refractivity (Wildman–Crippen MR) is 82.3 cm³/mol. The van der Waals surface area contributed by atoms with Gasteiger partial charge in [0.1, 0.15) is 5.69 Å². The molecule has 1 amide bonds. The van der Waals surface area contributed by atoms with Crippen molar-refractivity contribution in [1.82, 2.24) is 14.8 Å². The molecule has 0 saturated carbocycles. The van der Waals surface area contributed by atoms with Crippen molar-refractivity contribution in [2.45, 2.75) is 32.7 Å². The Morgan fingerprint density at radius 1 is 1.45 bits per heavy atom. The lowest BCUT2D eigenvalue weighted by molar-refractivity contribution is 0.0676. The molecular formula is C15H24ClN3O. The monoisotopic (exact) mass is 297 g/mol. The van der Waals surface area contributed by atoms with E-state index in [2.05, 4.69) is 5.32 Å². The Labute approximate surface area is 126 Å². The van der Waals surface area contributed by atoms with Crippen molar-refractivity contribution in [3.8, 4) is 0 Å². The van der Waals surface area contributed by atoms with E-state index in [1.807, 2.05) is 29.6 Å². The molecule has 4 nitrogen and oxygen atoms in total. The number of nitrogens with one attached hydrogen (secondary N) is 1. The largest absolute Gasteiger partial charge is 0.342 e. The maximum atomic E-state index is 12.5. The Morgan fingerprint density at radius 3 is 2.75 bits per heavy atom. The molecule has 1 aromatic rings. The number of nitrogens with zero attached hydrogens (tertiary/aromatic N) is 2. The molecule has 2 heterocycles. The summed E-state index contributed by atoms with van der Waals surface area (Å²) in [5, 5.41) is 3.83. The van der Waals surface area contributed by atoms with E-state index < -0.39 is 0 Å². The molecular weight excluding hydrogens is 274 g/mol. The van der Waals surface area contributed by atoms with Crippen LogP contribution >= 0.6 is 11.6 Å². The minimum Gasteiger partial charge on any atom is -0.342 e. The highest BCUT2D eigenvalue weighted by molar-refractivity contribution is 6.31. The molecule has 0 bridgehead atoms. The number of hydrogen-bond acceptors (Lipinski definition) is 2. The van der Waals surface area contributed by atoms with Gasteiger partial charge >= 0.3 is 0 Å². The van der Waals surface area contributed by atoms with Gasteiger partial charge in [0.15, 0.2) is 0 Å². The lowest BCUT2D eigenvalue weighted by Gasteiger charge is -2.32. The molecule has 0 aromatic carbocycles. The summed E-state index contributed by atoms with van der Waals surface area (Å²) < 4.78 is 1.93. The molecule has 1 aliphatic rings. The van der Waals surface area contributed by atoms with Crippen molar-refractivity contribution in [1.29, 1.82) is 0 Å². The molecule has 0 radical (unpaired) electrons. The maximum absolute atomic E-state index is 12.5. The van der Waals surface area contributed by atoms with E-state index in [-0.39, 0.29) is 5.91 Å².